The molecule has 0 saturated carbocycles. The molecular weight excluding hydrogens is 530 g/mol. The van der Waals surface area contributed by atoms with E-state index in [2.05, 4.69) is 15.9 Å². The second kappa shape index (κ2) is 10.1. The fourth-order valence-corrected chi connectivity index (χ4v) is 5.00. The van der Waals surface area contributed by atoms with E-state index in [9.17, 15) is 4.79 Å². The third kappa shape index (κ3) is 5.02. The van der Waals surface area contributed by atoms with Crippen LogP contribution in [0, 0.1) is 0 Å². The number of carbonyl (C=O) groups is 1. The number of thiocarbonyl (C=S) groups is 1. The Kier molecular flexibility index (Phi) is 7.20. The van der Waals surface area contributed by atoms with Crippen LogP contribution >= 0.6 is 51.5 Å². The van der Waals surface area contributed by atoms with Crippen LogP contribution in [0.4, 0.5) is 5.69 Å². The quantitative estimate of drug-likeness (QED) is 0.244. The summed E-state index contributed by atoms with van der Waals surface area (Å²) >= 11 is 16.4. The number of hydrogen-bond donors (Lipinski definition) is 0. The Morgan fingerprint density at radius 2 is 1.91 bits per heavy atom. The average molecular weight is 547 g/mol. The maximum absolute atomic E-state index is 13.0. The van der Waals surface area contributed by atoms with Crippen molar-refractivity contribution in [3.05, 3.63) is 92.3 Å². The van der Waals surface area contributed by atoms with Gasteiger partial charge in [-0.25, -0.2) is 0 Å². The average Bonchev–Trinajstić information content (AvgIpc) is 3.06. The van der Waals surface area contributed by atoms with Crippen molar-refractivity contribution < 1.29 is 14.3 Å². The molecule has 1 aliphatic heterocycles. The molecule has 3 aromatic rings. The second-order valence-electron chi connectivity index (χ2n) is 6.79. The maximum Gasteiger partial charge on any atom is 0.270 e. The lowest BCUT2D eigenvalue weighted by Gasteiger charge is -2.14. The molecule has 0 atom stereocenters. The van der Waals surface area contributed by atoms with Crippen molar-refractivity contribution in [1.82, 2.24) is 0 Å². The van der Waals surface area contributed by atoms with E-state index < -0.39 is 0 Å². The number of amides is 1. The van der Waals surface area contributed by atoms with Gasteiger partial charge in [0, 0.05) is 15.1 Å². The summed E-state index contributed by atoms with van der Waals surface area (Å²) in [5.41, 5.74) is 2.42. The number of ether oxygens (including phenoxy) is 2. The molecule has 1 amide bonds. The minimum Gasteiger partial charge on any atom is -0.493 e. The topological polar surface area (TPSA) is 38.8 Å². The molecule has 0 aliphatic carbocycles. The van der Waals surface area contributed by atoms with Gasteiger partial charge in [-0.2, -0.15) is 0 Å². The fourth-order valence-electron chi connectivity index (χ4n) is 3.12. The zero-order valence-electron chi connectivity index (χ0n) is 16.9. The molecule has 3 aromatic carbocycles. The van der Waals surface area contributed by atoms with Crippen LogP contribution in [0.25, 0.3) is 6.08 Å². The third-order valence-electron chi connectivity index (χ3n) is 4.69. The van der Waals surface area contributed by atoms with Crippen LogP contribution < -0.4 is 14.4 Å². The second-order valence-corrected chi connectivity index (χ2v) is 9.79. The highest BCUT2D eigenvalue weighted by Gasteiger charge is 2.33. The van der Waals surface area contributed by atoms with E-state index in [1.165, 1.54) is 16.7 Å². The number of rotatable bonds is 6. The molecule has 162 valence electrons. The van der Waals surface area contributed by atoms with Crippen molar-refractivity contribution in [3.63, 3.8) is 0 Å². The SMILES string of the molecule is COc1cc(C=C2SC(=S)N(c3cccc(Br)c3)C2=O)ccc1OCc1ccccc1Cl. The molecule has 4 nitrogen and oxygen atoms in total. The number of anilines is 1. The molecule has 1 heterocycles. The van der Waals surface area contributed by atoms with Gasteiger partial charge in [0.1, 0.15) is 6.61 Å². The van der Waals surface area contributed by atoms with Crippen LogP contribution in [0.5, 0.6) is 11.5 Å². The van der Waals surface area contributed by atoms with Crippen LogP contribution in [0.2, 0.25) is 5.02 Å². The minimum absolute atomic E-state index is 0.156. The molecule has 1 aliphatic rings. The Morgan fingerprint density at radius 1 is 1.09 bits per heavy atom. The first-order chi connectivity index (χ1) is 15.5. The number of halogens is 2. The van der Waals surface area contributed by atoms with Gasteiger partial charge in [0.15, 0.2) is 15.8 Å². The number of methoxy groups -OCH3 is 1. The zero-order valence-corrected chi connectivity index (χ0v) is 20.9. The van der Waals surface area contributed by atoms with Gasteiger partial charge in [0.2, 0.25) is 0 Å². The number of carbonyl (C=O) groups excluding carboxylic acids is 1. The molecule has 1 saturated heterocycles. The minimum atomic E-state index is -0.156. The Hall–Kier alpha value is -2.32. The van der Waals surface area contributed by atoms with Gasteiger partial charge >= 0.3 is 0 Å². The molecule has 0 aromatic heterocycles. The lowest BCUT2D eigenvalue weighted by atomic mass is 10.1. The molecule has 0 radical (unpaired) electrons. The normalized spacial score (nSPS) is 14.8. The zero-order chi connectivity index (χ0) is 22.7. The molecular formula is C24H17BrClNO3S2. The summed E-state index contributed by atoms with van der Waals surface area (Å²) in [6, 6.07) is 20.5. The molecule has 32 heavy (non-hydrogen) atoms. The van der Waals surface area contributed by atoms with Crippen molar-refractivity contribution in [2.24, 2.45) is 0 Å². The highest BCUT2D eigenvalue weighted by Crippen LogP contribution is 2.38. The predicted octanol–water partition coefficient (Wildman–Crippen LogP) is 7.10. The van der Waals surface area contributed by atoms with E-state index in [0.717, 1.165) is 21.3 Å². The molecule has 0 spiro atoms. The van der Waals surface area contributed by atoms with Crippen LogP contribution in [-0.4, -0.2) is 17.3 Å². The van der Waals surface area contributed by atoms with E-state index in [-0.39, 0.29) is 5.91 Å². The summed E-state index contributed by atoms with van der Waals surface area (Å²) in [5.74, 6) is 0.996. The smallest absolute Gasteiger partial charge is 0.270 e. The number of nitrogens with zero attached hydrogens (tertiary/aromatic N) is 1. The van der Waals surface area contributed by atoms with Crippen LogP contribution in [0.1, 0.15) is 11.1 Å². The lowest BCUT2D eigenvalue weighted by molar-refractivity contribution is -0.113. The van der Waals surface area contributed by atoms with Crippen LogP contribution in [0.15, 0.2) is 76.1 Å². The van der Waals surface area contributed by atoms with Crippen molar-refractivity contribution in [2.45, 2.75) is 6.61 Å². The molecule has 4 rings (SSSR count). The van der Waals surface area contributed by atoms with E-state index in [4.69, 9.17) is 33.3 Å². The van der Waals surface area contributed by atoms with Crippen LogP contribution in [0.3, 0.4) is 0 Å². The maximum atomic E-state index is 13.0. The predicted molar refractivity (Wildman–Crippen MR) is 139 cm³/mol. The summed E-state index contributed by atoms with van der Waals surface area (Å²) in [5, 5.41) is 0.649. The standard InChI is InChI=1S/C24H17BrClNO3S2/c1-29-21-11-15(9-10-20(21)30-14-16-5-2-3-8-19(16)26)12-22-23(28)27(24(31)32-22)18-7-4-6-17(25)13-18/h2-13H,14H2,1H3. The lowest BCUT2D eigenvalue weighted by Crippen LogP contribution is -2.27. The van der Waals surface area contributed by atoms with Gasteiger partial charge < -0.3 is 9.47 Å². The third-order valence-corrected chi connectivity index (χ3v) is 6.85. The number of hydrogen-bond acceptors (Lipinski definition) is 5. The van der Waals surface area contributed by atoms with Gasteiger partial charge in [-0.3, -0.25) is 9.69 Å². The summed E-state index contributed by atoms with van der Waals surface area (Å²) in [4.78, 5) is 15.1. The molecule has 0 unspecified atom stereocenters. The molecule has 8 heteroatoms. The highest BCUT2D eigenvalue weighted by molar-refractivity contribution is 9.10. The Morgan fingerprint density at radius 3 is 2.66 bits per heavy atom. The van der Waals surface area contributed by atoms with E-state index in [1.807, 2.05) is 66.7 Å². The first-order valence-electron chi connectivity index (χ1n) is 9.54. The van der Waals surface area contributed by atoms with Gasteiger partial charge in [-0.15, -0.1) is 0 Å². The monoisotopic (exact) mass is 545 g/mol. The van der Waals surface area contributed by atoms with E-state index in [1.54, 1.807) is 13.2 Å². The largest absolute Gasteiger partial charge is 0.493 e. The number of benzene rings is 3. The van der Waals surface area contributed by atoms with Crippen molar-refractivity contribution in [3.8, 4) is 11.5 Å². The molecule has 0 bridgehead atoms. The van der Waals surface area contributed by atoms with Gasteiger partial charge in [-0.05, 0) is 48.0 Å². The summed E-state index contributed by atoms with van der Waals surface area (Å²) in [6.45, 7) is 0.320. The Labute approximate surface area is 209 Å². The summed E-state index contributed by atoms with van der Waals surface area (Å²) in [6.07, 6.45) is 1.80. The Bertz CT molecular complexity index is 1230. The van der Waals surface area contributed by atoms with Crippen LogP contribution in [-0.2, 0) is 11.4 Å². The van der Waals surface area contributed by atoms with E-state index >= 15 is 0 Å². The van der Waals surface area contributed by atoms with Gasteiger partial charge in [0.05, 0.1) is 17.7 Å². The van der Waals surface area contributed by atoms with Crippen molar-refractivity contribution in [2.75, 3.05) is 12.0 Å². The first kappa shape index (κ1) is 22.9. The van der Waals surface area contributed by atoms with Gasteiger partial charge in [-0.1, -0.05) is 81.8 Å². The van der Waals surface area contributed by atoms with Gasteiger partial charge in [0.25, 0.3) is 5.91 Å². The Balaban J connectivity index is 1.54. The summed E-state index contributed by atoms with van der Waals surface area (Å²) in [7, 11) is 1.58. The van der Waals surface area contributed by atoms with Crippen molar-refractivity contribution in [1.29, 1.82) is 0 Å². The number of thioether (sulfide) groups is 1. The molecule has 0 N–H and O–H groups in total. The highest BCUT2D eigenvalue weighted by atomic mass is 79.9. The fraction of sp³-hybridized carbons (Fsp3) is 0.0833. The van der Waals surface area contributed by atoms with Crippen molar-refractivity contribution >= 4 is 73.5 Å². The first-order valence-corrected chi connectivity index (χ1v) is 11.9. The summed E-state index contributed by atoms with van der Waals surface area (Å²) < 4.78 is 12.8. The molecule has 1 fully saturated rings. The van der Waals surface area contributed by atoms with E-state index in [0.29, 0.717) is 32.4 Å².